The van der Waals surface area contributed by atoms with Gasteiger partial charge in [-0.2, -0.15) is 0 Å². The van der Waals surface area contributed by atoms with Gasteiger partial charge in [0.05, 0.1) is 5.75 Å². The summed E-state index contributed by atoms with van der Waals surface area (Å²) in [4.78, 5) is 19.2. The van der Waals surface area contributed by atoms with Crippen molar-refractivity contribution in [2.75, 3.05) is 29.1 Å². The monoisotopic (exact) mass is 448 g/mol. The molecule has 0 unspecified atom stereocenters. The molecule has 0 spiro atoms. The number of carbonyl (C=O) groups is 1. The van der Waals surface area contributed by atoms with Crippen LogP contribution in [0.4, 0.5) is 11.4 Å². The summed E-state index contributed by atoms with van der Waals surface area (Å²) in [5, 5.41) is 12.5. The van der Waals surface area contributed by atoms with E-state index in [1.54, 1.807) is 12.4 Å². The number of nitrogens with zero attached hydrogens (tertiary/aromatic N) is 5. The quantitative estimate of drug-likeness (QED) is 0.531. The molecular formula is C24H28N6OS. The van der Waals surface area contributed by atoms with Gasteiger partial charge in [-0.15, -0.1) is 10.2 Å². The highest BCUT2D eigenvalue weighted by Crippen LogP contribution is 2.41. The summed E-state index contributed by atoms with van der Waals surface area (Å²) in [6.45, 7) is 4.53. The maximum absolute atomic E-state index is 12.6. The molecule has 5 rings (SSSR count). The number of piperidine rings is 1. The fourth-order valence-corrected chi connectivity index (χ4v) is 4.88. The molecule has 1 aromatic carbocycles. The Labute approximate surface area is 192 Å². The fourth-order valence-electron chi connectivity index (χ4n) is 4.08. The Hall–Kier alpha value is -2.87. The molecule has 1 N–H and O–H groups in total. The van der Waals surface area contributed by atoms with Crippen LogP contribution in [0.2, 0.25) is 0 Å². The first kappa shape index (κ1) is 21.0. The van der Waals surface area contributed by atoms with Crippen LogP contribution in [0.3, 0.4) is 0 Å². The van der Waals surface area contributed by atoms with Gasteiger partial charge in [0.25, 0.3) is 0 Å². The smallest absolute Gasteiger partial charge is 0.234 e. The molecule has 0 atom stereocenters. The lowest BCUT2D eigenvalue weighted by Crippen LogP contribution is -2.32. The zero-order valence-electron chi connectivity index (χ0n) is 18.3. The molecule has 32 heavy (non-hydrogen) atoms. The van der Waals surface area contributed by atoms with Crippen LogP contribution in [0, 0.1) is 5.92 Å². The summed E-state index contributed by atoms with van der Waals surface area (Å²) in [7, 11) is 0. The molecule has 166 valence electrons. The first-order chi connectivity index (χ1) is 15.7. The van der Waals surface area contributed by atoms with Gasteiger partial charge in [0.15, 0.2) is 11.0 Å². The van der Waals surface area contributed by atoms with Gasteiger partial charge in [-0.25, -0.2) is 0 Å². The molecule has 7 nitrogen and oxygen atoms in total. The van der Waals surface area contributed by atoms with Crippen LogP contribution in [-0.2, 0) is 4.79 Å². The normalized spacial score (nSPS) is 16.8. The summed E-state index contributed by atoms with van der Waals surface area (Å²) >= 11 is 1.43. The molecule has 1 amide bonds. The Morgan fingerprint density at radius 2 is 1.88 bits per heavy atom. The number of benzene rings is 1. The van der Waals surface area contributed by atoms with E-state index in [0.29, 0.717) is 11.8 Å². The van der Waals surface area contributed by atoms with Crippen molar-refractivity contribution < 1.29 is 4.79 Å². The minimum absolute atomic E-state index is 0.0391. The van der Waals surface area contributed by atoms with Crippen LogP contribution in [0.25, 0.3) is 11.4 Å². The Morgan fingerprint density at radius 1 is 1.09 bits per heavy atom. The third-order valence-electron chi connectivity index (χ3n) is 6.13. The van der Waals surface area contributed by atoms with Crippen molar-refractivity contribution >= 4 is 29.0 Å². The first-order valence-corrected chi connectivity index (χ1v) is 12.3. The van der Waals surface area contributed by atoms with Crippen molar-refractivity contribution in [2.45, 2.75) is 43.8 Å². The van der Waals surface area contributed by atoms with E-state index in [1.165, 1.54) is 30.3 Å². The van der Waals surface area contributed by atoms with Gasteiger partial charge in [0, 0.05) is 48.5 Å². The Bertz CT molecular complexity index is 1060. The molecule has 2 aliphatic rings. The van der Waals surface area contributed by atoms with Crippen LogP contribution in [0.1, 0.15) is 38.6 Å². The van der Waals surface area contributed by atoms with Crippen LogP contribution in [0.15, 0.2) is 53.9 Å². The van der Waals surface area contributed by atoms with Gasteiger partial charge in [-0.05, 0) is 68.0 Å². The number of thioether (sulfide) groups is 1. The number of rotatable bonds is 7. The number of hydrogen-bond acceptors (Lipinski definition) is 6. The molecule has 2 fully saturated rings. The Morgan fingerprint density at radius 3 is 2.56 bits per heavy atom. The second kappa shape index (κ2) is 9.32. The van der Waals surface area contributed by atoms with E-state index in [9.17, 15) is 4.79 Å². The maximum Gasteiger partial charge on any atom is 0.234 e. The molecule has 0 bridgehead atoms. The van der Waals surface area contributed by atoms with Crippen molar-refractivity contribution in [3.05, 3.63) is 48.8 Å². The van der Waals surface area contributed by atoms with E-state index in [2.05, 4.69) is 49.0 Å². The lowest BCUT2D eigenvalue weighted by molar-refractivity contribution is -0.113. The largest absolute Gasteiger partial charge is 0.372 e. The number of carbonyl (C=O) groups excluding carboxylic acids is 1. The van der Waals surface area contributed by atoms with Crippen molar-refractivity contribution in [2.24, 2.45) is 5.92 Å². The van der Waals surface area contributed by atoms with E-state index < -0.39 is 0 Å². The Balaban J connectivity index is 1.19. The zero-order valence-corrected chi connectivity index (χ0v) is 19.1. The minimum Gasteiger partial charge on any atom is -0.372 e. The molecule has 3 aromatic rings. The average molecular weight is 449 g/mol. The predicted molar refractivity (Wildman–Crippen MR) is 128 cm³/mol. The second-order valence-electron chi connectivity index (χ2n) is 8.70. The topological polar surface area (TPSA) is 75.9 Å². The van der Waals surface area contributed by atoms with Gasteiger partial charge >= 0.3 is 0 Å². The number of nitrogens with one attached hydrogen (secondary N) is 1. The van der Waals surface area contributed by atoms with Crippen molar-refractivity contribution in [3.63, 3.8) is 0 Å². The molecule has 1 aliphatic carbocycles. The lowest BCUT2D eigenvalue weighted by atomic mass is 9.99. The summed E-state index contributed by atoms with van der Waals surface area (Å²) < 4.78 is 2.16. The molecule has 1 saturated heterocycles. The molecular weight excluding hydrogens is 420 g/mol. The standard InChI is InChI=1S/C24H28N6OS/c1-17-10-13-29(14-11-17)20-6-4-19(5-7-20)26-22(31)16-32-24-28-27-23(30(24)21-8-9-21)18-3-2-12-25-15-18/h2-7,12,15,17,21H,8-11,13-14,16H2,1H3,(H,26,31). The van der Waals surface area contributed by atoms with E-state index in [4.69, 9.17) is 0 Å². The van der Waals surface area contributed by atoms with E-state index in [-0.39, 0.29) is 5.91 Å². The predicted octanol–water partition coefficient (Wildman–Crippen LogP) is 4.64. The number of anilines is 2. The fraction of sp³-hybridized carbons (Fsp3) is 0.417. The number of pyridine rings is 1. The van der Waals surface area contributed by atoms with Gasteiger partial charge in [0.1, 0.15) is 0 Å². The highest BCUT2D eigenvalue weighted by atomic mass is 32.2. The number of amides is 1. The van der Waals surface area contributed by atoms with Gasteiger partial charge < -0.3 is 10.2 Å². The van der Waals surface area contributed by atoms with Gasteiger partial charge in [0.2, 0.25) is 5.91 Å². The highest BCUT2D eigenvalue weighted by Gasteiger charge is 2.30. The first-order valence-electron chi connectivity index (χ1n) is 11.3. The van der Waals surface area contributed by atoms with E-state index in [0.717, 1.165) is 54.1 Å². The highest BCUT2D eigenvalue weighted by molar-refractivity contribution is 7.99. The average Bonchev–Trinajstić information content (AvgIpc) is 3.58. The molecule has 8 heteroatoms. The molecule has 1 aliphatic heterocycles. The van der Waals surface area contributed by atoms with Crippen molar-refractivity contribution in [1.82, 2.24) is 19.7 Å². The van der Waals surface area contributed by atoms with Crippen LogP contribution >= 0.6 is 11.8 Å². The summed E-state index contributed by atoms with van der Waals surface area (Å²) in [6.07, 6.45) is 8.27. The van der Waals surface area contributed by atoms with Crippen LogP contribution in [0.5, 0.6) is 0 Å². The third kappa shape index (κ3) is 4.80. The lowest BCUT2D eigenvalue weighted by Gasteiger charge is -2.32. The van der Waals surface area contributed by atoms with Gasteiger partial charge in [-0.1, -0.05) is 18.7 Å². The van der Waals surface area contributed by atoms with Crippen molar-refractivity contribution in [3.8, 4) is 11.4 Å². The summed E-state index contributed by atoms with van der Waals surface area (Å²) in [6, 6.07) is 12.5. The minimum atomic E-state index is -0.0391. The molecule has 2 aromatic heterocycles. The van der Waals surface area contributed by atoms with Gasteiger partial charge in [-0.3, -0.25) is 14.3 Å². The molecule has 3 heterocycles. The second-order valence-corrected chi connectivity index (χ2v) is 9.64. The summed E-state index contributed by atoms with van der Waals surface area (Å²) in [5.74, 6) is 1.89. The zero-order chi connectivity index (χ0) is 21.9. The number of aromatic nitrogens is 4. The van der Waals surface area contributed by atoms with E-state index >= 15 is 0 Å². The van der Waals surface area contributed by atoms with Crippen LogP contribution in [-0.4, -0.2) is 44.5 Å². The van der Waals surface area contributed by atoms with E-state index in [1.807, 2.05) is 24.3 Å². The van der Waals surface area contributed by atoms with Crippen molar-refractivity contribution in [1.29, 1.82) is 0 Å². The Kier molecular flexibility index (Phi) is 6.12. The molecule has 0 radical (unpaired) electrons. The SMILES string of the molecule is CC1CCN(c2ccc(NC(=O)CSc3nnc(-c4cccnc4)n3C3CC3)cc2)CC1. The number of hydrogen-bond donors (Lipinski definition) is 1. The van der Waals surface area contributed by atoms with Crippen LogP contribution < -0.4 is 10.2 Å². The molecule has 1 saturated carbocycles. The summed E-state index contributed by atoms with van der Waals surface area (Å²) in [5.41, 5.74) is 3.00. The third-order valence-corrected chi connectivity index (χ3v) is 7.07. The maximum atomic E-state index is 12.6.